The lowest BCUT2D eigenvalue weighted by molar-refractivity contribution is -0.139. The smallest absolute Gasteiger partial charge is 0.295 e. The molecule has 8 nitrogen and oxygen atoms in total. The van der Waals surface area contributed by atoms with Gasteiger partial charge in [-0.25, -0.2) is 4.98 Å². The summed E-state index contributed by atoms with van der Waals surface area (Å²) in [4.78, 5) is 31.8. The second-order valence-electron chi connectivity index (χ2n) is 8.00. The van der Waals surface area contributed by atoms with E-state index in [0.717, 1.165) is 0 Å². The van der Waals surface area contributed by atoms with E-state index in [2.05, 4.69) is 4.98 Å². The van der Waals surface area contributed by atoms with Crippen molar-refractivity contribution in [1.29, 1.82) is 0 Å². The molecule has 1 fully saturated rings. The van der Waals surface area contributed by atoms with Gasteiger partial charge in [0, 0.05) is 31.0 Å². The van der Waals surface area contributed by atoms with E-state index in [4.69, 9.17) is 21.1 Å². The predicted molar refractivity (Wildman–Crippen MR) is 131 cm³/mol. The number of ether oxygens (including phenoxy) is 2. The highest BCUT2D eigenvalue weighted by atomic mass is 35.5. The van der Waals surface area contributed by atoms with E-state index >= 15 is 0 Å². The van der Waals surface area contributed by atoms with E-state index in [9.17, 15) is 14.7 Å². The van der Waals surface area contributed by atoms with Crippen LogP contribution in [0.3, 0.4) is 0 Å². The molecule has 1 aliphatic heterocycles. The number of benzene rings is 2. The fourth-order valence-electron chi connectivity index (χ4n) is 4.16. The monoisotopic (exact) mass is 495 g/mol. The molecule has 1 N–H and O–H groups in total. The predicted octanol–water partition coefficient (Wildman–Crippen LogP) is 4.46. The molecule has 1 aromatic heterocycles. The third kappa shape index (κ3) is 5.02. The molecule has 4 rings (SSSR count). The number of halogens is 1. The normalized spacial score (nSPS) is 17.1. The average Bonchev–Trinajstić information content (AvgIpc) is 3.47. The van der Waals surface area contributed by atoms with Crippen LogP contribution >= 0.6 is 11.6 Å². The van der Waals surface area contributed by atoms with Gasteiger partial charge in [-0.1, -0.05) is 23.7 Å². The highest BCUT2D eigenvalue weighted by Gasteiger charge is 2.45. The molecule has 0 bridgehead atoms. The summed E-state index contributed by atoms with van der Waals surface area (Å²) in [6.45, 7) is 3.23. The number of imidazole rings is 1. The van der Waals surface area contributed by atoms with Gasteiger partial charge >= 0.3 is 0 Å². The Balaban J connectivity index is 1.73. The van der Waals surface area contributed by atoms with Crippen molar-refractivity contribution in [2.24, 2.45) is 0 Å². The van der Waals surface area contributed by atoms with Crippen LogP contribution in [-0.2, 0) is 16.1 Å². The zero-order valence-electron chi connectivity index (χ0n) is 19.5. The van der Waals surface area contributed by atoms with Crippen molar-refractivity contribution in [3.63, 3.8) is 0 Å². The lowest BCUT2D eigenvalue weighted by Crippen LogP contribution is -2.31. The number of hydrogen-bond donors (Lipinski definition) is 1. The van der Waals surface area contributed by atoms with Gasteiger partial charge in [-0.2, -0.15) is 0 Å². The summed E-state index contributed by atoms with van der Waals surface area (Å²) < 4.78 is 12.6. The fraction of sp³-hybridized carbons (Fsp3) is 0.269. The van der Waals surface area contributed by atoms with Crippen molar-refractivity contribution < 1.29 is 24.2 Å². The molecular weight excluding hydrogens is 470 g/mol. The number of Topliss-reactive ketones (excluding diaryl/α,β-unsaturated/α-hetero) is 1. The first kappa shape index (κ1) is 24.3. The van der Waals surface area contributed by atoms with Gasteiger partial charge in [0.25, 0.3) is 11.7 Å². The van der Waals surface area contributed by atoms with Gasteiger partial charge in [0.05, 0.1) is 36.7 Å². The number of nitrogens with zero attached hydrogens (tertiary/aromatic N) is 3. The van der Waals surface area contributed by atoms with E-state index in [1.54, 1.807) is 56.0 Å². The maximum absolute atomic E-state index is 13.2. The number of hydrogen-bond acceptors (Lipinski definition) is 6. The Bertz CT molecular complexity index is 1240. The van der Waals surface area contributed by atoms with Crippen molar-refractivity contribution in [1.82, 2.24) is 14.5 Å². The Morgan fingerprint density at radius 2 is 1.91 bits per heavy atom. The molecule has 35 heavy (non-hydrogen) atoms. The number of ketones is 1. The van der Waals surface area contributed by atoms with Crippen molar-refractivity contribution in [2.75, 3.05) is 20.3 Å². The van der Waals surface area contributed by atoms with Crippen molar-refractivity contribution >= 4 is 29.1 Å². The van der Waals surface area contributed by atoms with Crippen LogP contribution < -0.4 is 9.47 Å². The first-order valence-corrected chi connectivity index (χ1v) is 11.6. The number of carbonyl (C=O) groups excluding carboxylic acids is 2. The molecule has 2 aromatic carbocycles. The quantitative estimate of drug-likeness (QED) is 0.268. The molecule has 1 aliphatic rings. The van der Waals surface area contributed by atoms with E-state index in [0.29, 0.717) is 53.8 Å². The van der Waals surface area contributed by atoms with Gasteiger partial charge in [0.1, 0.15) is 17.3 Å². The Morgan fingerprint density at radius 3 is 2.54 bits per heavy atom. The minimum Gasteiger partial charge on any atom is -0.507 e. The summed E-state index contributed by atoms with van der Waals surface area (Å²) in [6.07, 6.45) is 5.83. The number of aryl methyl sites for hydroxylation is 1. The number of rotatable bonds is 9. The van der Waals surface area contributed by atoms with E-state index in [-0.39, 0.29) is 11.3 Å². The minimum atomic E-state index is -0.756. The first-order valence-electron chi connectivity index (χ1n) is 11.3. The van der Waals surface area contributed by atoms with Crippen LogP contribution in [0.2, 0.25) is 5.02 Å². The number of aromatic nitrogens is 2. The SMILES string of the molecule is CCOc1ccc(C(O)=C2C(=O)C(=O)N(CCCn3ccnc3)[C@@H]2c2ccc(OC)cc2)cc1Cl. The van der Waals surface area contributed by atoms with Gasteiger partial charge in [-0.3, -0.25) is 9.59 Å². The number of methoxy groups -OCH3 is 1. The molecule has 0 saturated carbocycles. The Hall–Kier alpha value is -3.78. The summed E-state index contributed by atoms with van der Waals surface area (Å²) >= 11 is 6.31. The van der Waals surface area contributed by atoms with Crippen LogP contribution in [0.1, 0.15) is 30.5 Å². The first-order chi connectivity index (χ1) is 16.9. The van der Waals surface area contributed by atoms with Crippen molar-refractivity contribution in [3.05, 3.63) is 82.9 Å². The van der Waals surface area contributed by atoms with Crippen LogP contribution in [0.25, 0.3) is 5.76 Å². The van der Waals surface area contributed by atoms with Crippen LogP contribution in [0.5, 0.6) is 11.5 Å². The number of aliphatic hydroxyl groups is 1. The maximum Gasteiger partial charge on any atom is 0.295 e. The largest absolute Gasteiger partial charge is 0.507 e. The van der Waals surface area contributed by atoms with Crippen molar-refractivity contribution in [2.45, 2.75) is 25.9 Å². The highest BCUT2D eigenvalue weighted by molar-refractivity contribution is 6.46. The van der Waals surface area contributed by atoms with Crippen LogP contribution in [0.15, 0.2) is 66.8 Å². The highest BCUT2D eigenvalue weighted by Crippen LogP contribution is 2.40. The van der Waals surface area contributed by atoms with E-state index < -0.39 is 17.7 Å². The lowest BCUT2D eigenvalue weighted by atomic mass is 9.95. The molecule has 1 amide bonds. The fourth-order valence-corrected chi connectivity index (χ4v) is 4.40. The molecule has 0 spiro atoms. The van der Waals surface area contributed by atoms with Crippen LogP contribution in [0.4, 0.5) is 0 Å². The van der Waals surface area contributed by atoms with Crippen LogP contribution in [0, 0.1) is 0 Å². The summed E-state index contributed by atoms with van der Waals surface area (Å²) in [5, 5.41) is 11.5. The third-order valence-electron chi connectivity index (χ3n) is 5.85. The van der Waals surface area contributed by atoms with Gasteiger partial charge < -0.3 is 24.0 Å². The van der Waals surface area contributed by atoms with Gasteiger partial charge in [0.15, 0.2) is 0 Å². The molecule has 1 saturated heterocycles. The number of aliphatic hydroxyl groups excluding tert-OH is 1. The van der Waals surface area contributed by atoms with Gasteiger partial charge in [0.2, 0.25) is 0 Å². The molecular formula is C26H26ClN3O5. The Kier molecular flexibility index (Phi) is 7.41. The average molecular weight is 496 g/mol. The standard InChI is InChI=1S/C26H26ClN3O5/c1-3-35-21-10-7-18(15-20(21)27)24(31)22-23(17-5-8-19(34-2)9-6-17)30(26(33)25(22)32)13-4-12-29-14-11-28-16-29/h5-11,14-16,23,31H,3-4,12-13H2,1-2H3/t23-/m1/s1. The topological polar surface area (TPSA) is 93.9 Å². The van der Waals surface area contributed by atoms with Gasteiger partial charge in [-0.15, -0.1) is 0 Å². The van der Waals surface area contributed by atoms with Crippen molar-refractivity contribution in [3.8, 4) is 11.5 Å². The molecule has 0 radical (unpaired) electrons. The molecule has 1 atom stereocenters. The minimum absolute atomic E-state index is 0.0167. The lowest BCUT2D eigenvalue weighted by Gasteiger charge is -2.25. The number of carbonyl (C=O) groups is 2. The third-order valence-corrected chi connectivity index (χ3v) is 6.15. The second-order valence-corrected chi connectivity index (χ2v) is 8.41. The number of amides is 1. The zero-order valence-corrected chi connectivity index (χ0v) is 20.2. The van der Waals surface area contributed by atoms with Crippen LogP contribution in [-0.4, -0.2) is 51.5 Å². The summed E-state index contributed by atoms with van der Waals surface area (Å²) in [5.74, 6) is -0.571. The molecule has 182 valence electrons. The number of likely N-dealkylation sites (tertiary alicyclic amines) is 1. The Labute approximate surface area is 208 Å². The van der Waals surface area contributed by atoms with E-state index in [1.165, 1.54) is 11.0 Å². The molecule has 9 heteroatoms. The maximum atomic E-state index is 13.2. The van der Waals surface area contributed by atoms with Gasteiger partial charge in [-0.05, 0) is 49.2 Å². The second kappa shape index (κ2) is 10.7. The summed E-state index contributed by atoms with van der Waals surface area (Å²) in [7, 11) is 1.56. The molecule has 0 aliphatic carbocycles. The van der Waals surface area contributed by atoms with E-state index in [1.807, 2.05) is 17.7 Å². The molecule has 0 unspecified atom stereocenters. The molecule has 3 aromatic rings. The Morgan fingerprint density at radius 1 is 1.14 bits per heavy atom. The summed E-state index contributed by atoms with van der Waals surface area (Å²) in [5.41, 5.74) is 1.03. The molecule has 2 heterocycles. The summed E-state index contributed by atoms with van der Waals surface area (Å²) in [6, 6.07) is 11.1. The zero-order chi connectivity index (χ0) is 24.9.